The van der Waals surface area contributed by atoms with Crippen LogP contribution in [0.3, 0.4) is 0 Å². The van der Waals surface area contributed by atoms with Gasteiger partial charge in [-0.2, -0.15) is 4.98 Å². The molecular formula is C25H31ClN4O4. The molecule has 3 fully saturated rings. The molecule has 2 aliphatic carbocycles. The Balaban J connectivity index is 1.29. The van der Waals surface area contributed by atoms with E-state index in [4.69, 9.17) is 16.3 Å². The predicted molar refractivity (Wildman–Crippen MR) is 128 cm³/mol. The van der Waals surface area contributed by atoms with Gasteiger partial charge in [0.05, 0.1) is 19.3 Å². The van der Waals surface area contributed by atoms with Crippen LogP contribution in [0.4, 0.5) is 5.95 Å². The van der Waals surface area contributed by atoms with Crippen molar-refractivity contribution in [1.82, 2.24) is 15.3 Å². The van der Waals surface area contributed by atoms with Crippen LogP contribution in [0, 0.1) is 11.8 Å². The Labute approximate surface area is 204 Å². The highest BCUT2D eigenvalue weighted by Crippen LogP contribution is 2.45. The minimum atomic E-state index is -0.277. The summed E-state index contributed by atoms with van der Waals surface area (Å²) in [5, 5.41) is 22.6. The second-order valence-corrected chi connectivity index (χ2v) is 10.1. The lowest BCUT2D eigenvalue weighted by Gasteiger charge is -2.26. The Morgan fingerprint density at radius 1 is 1.21 bits per heavy atom. The van der Waals surface area contributed by atoms with Gasteiger partial charge < -0.3 is 25.2 Å². The highest BCUT2D eigenvalue weighted by Gasteiger charge is 2.46. The molecule has 5 rings (SSSR count). The highest BCUT2D eigenvalue weighted by atomic mass is 35.5. The number of piperidine rings is 1. The fraction of sp³-hybridized carbons (Fsp3) is 0.560. The lowest BCUT2D eigenvalue weighted by Crippen LogP contribution is -2.39. The molecule has 9 heteroatoms. The standard InChI is InChI=1S/C25H31ClN4O4/c26-22-9-15(1-2-16(22)14-31)7-8-34-24-21(23(33)28-19-3-5-20(32)6-4-19)11-27-25(29-24)30-12-17-10-18(17)13-30/h1-2,9,11,17-20,31-32H,3-8,10,12-14H2,(H,28,33). The van der Waals surface area contributed by atoms with Crippen molar-refractivity contribution in [2.45, 2.75) is 57.3 Å². The average Bonchev–Trinajstić information content (AvgIpc) is 3.45. The number of carbonyl (C=O) groups is 1. The van der Waals surface area contributed by atoms with Gasteiger partial charge in [0, 0.05) is 36.8 Å². The minimum Gasteiger partial charge on any atom is -0.477 e. The maximum absolute atomic E-state index is 13.1. The van der Waals surface area contributed by atoms with Crippen LogP contribution in [0.15, 0.2) is 24.4 Å². The summed E-state index contributed by atoms with van der Waals surface area (Å²) in [7, 11) is 0. The number of aromatic nitrogens is 2. The number of carbonyl (C=O) groups excluding carboxylic acids is 1. The van der Waals surface area contributed by atoms with Crippen LogP contribution >= 0.6 is 11.6 Å². The Morgan fingerprint density at radius 3 is 2.68 bits per heavy atom. The van der Waals surface area contributed by atoms with Gasteiger partial charge in [0.2, 0.25) is 11.8 Å². The zero-order valence-corrected chi connectivity index (χ0v) is 19.9. The molecule has 2 unspecified atom stereocenters. The second-order valence-electron chi connectivity index (χ2n) is 9.71. The fourth-order valence-corrected chi connectivity index (χ4v) is 5.22. The molecule has 2 aromatic rings. The number of aliphatic hydroxyl groups excluding tert-OH is 2. The molecule has 1 saturated heterocycles. The van der Waals surface area contributed by atoms with Crippen LogP contribution in [0.2, 0.25) is 5.02 Å². The SMILES string of the molecule is O=C(NC1CCC(O)CC1)c1cnc(N2CC3CC3C2)nc1OCCc1ccc(CO)c(Cl)c1. The van der Waals surface area contributed by atoms with Crippen molar-refractivity contribution in [2.24, 2.45) is 11.8 Å². The zero-order valence-electron chi connectivity index (χ0n) is 19.1. The first-order chi connectivity index (χ1) is 16.5. The Morgan fingerprint density at radius 2 is 1.97 bits per heavy atom. The molecular weight excluding hydrogens is 456 g/mol. The van der Waals surface area contributed by atoms with Crippen LogP contribution in [0.5, 0.6) is 5.88 Å². The molecule has 182 valence electrons. The van der Waals surface area contributed by atoms with E-state index in [1.165, 1.54) is 6.42 Å². The molecule has 0 spiro atoms. The summed E-state index contributed by atoms with van der Waals surface area (Å²) in [6.07, 6.45) is 6.06. The molecule has 3 aliphatic rings. The first kappa shape index (κ1) is 23.3. The lowest BCUT2D eigenvalue weighted by atomic mass is 9.93. The van der Waals surface area contributed by atoms with Gasteiger partial charge in [0.25, 0.3) is 5.91 Å². The van der Waals surface area contributed by atoms with Crippen LogP contribution < -0.4 is 15.0 Å². The molecule has 2 heterocycles. The smallest absolute Gasteiger partial charge is 0.258 e. The van der Waals surface area contributed by atoms with Crippen molar-refractivity contribution in [1.29, 1.82) is 0 Å². The van der Waals surface area contributed by atoms with E-state index in [0.29, 0.717) is 48.0 Å². The van der Waals surface area contributed by atoms with Gasteiger partial charge in [-0.3, -0.25) is 4.79 Å². The number of hydrogen-bond acceptors (Lipinski definition) is 7. The monoisotopic (exact) mass is 486 g/mol. The Bertz CT molecular complexity index is 1030. The van der Waals surface area contributed by atoms with Crippen LogP contribution in [-0.4, -0.2) is 57.9 Å². The van der Waals surface area contributed by atoms with Gasteiger partial charge in [0.1, 0.15) is 5.56 Å². The third-order valence-corrected chi connectivity index (χ3v) is 7.55. The third kappa shape index (κ3) is 5.29. The summed E-state index contributed by atoms with van der Waals surface area (Å²) in [4.78, 5) is 24.4. The summed E-state index contributed by atoms with van der Waals surface area (Å²) in [5.41, 5.74) is 1.99. The summed E-state index contributed by atoms with van der Waals surface area (Å²) in [5.74, 6) is 2.13. The summed E-state index contributed by atoms with van der Waals surface area (Å²) >= 11 is 6.21. The summed E-state index contributed by atoms with van der Waals surface area (Å²) in [6, 6.07) is 5.57. The molecule has 1 aromatic carbocycles. The average molecular weight is 487 g/mol. The van der Waals surface area contributed by atoms with Crippen molar-refractivity contribution in [3.63, 3.8) is 0 Å². The molecule has 0 radical (unpaired) electrons. The van der Waals surface area contributed by atoms with Crippen molar-refractivity contribution in [3.05, 3.63) is 46.1 Å². The van der Waals surface area contributed by atoms with Crippen molar-refractivity contribution < 1.29 is 19.7 Å². The predicted octanol–water partition coefficient (Wildman–Crippen LogP) is 2.73. The highest BCUT2D eigenvalue weighted by molar-refractivity contribution is 6.31. The van der Waals surface area contributed by atoms with E-state index < -0.39 is 0 Å². The number of aliphatic hydroxyl groups is 2. The number of amides is 1. The normalized spacial score (nSPS) is 25.7. The maximum atomic E-state index is 13.1. The largest absolute Gasteiger partial charge is 0.477 e. The number of hydrogen-bond donors (Lipinski definition) is 3. The number of nitrogens with one attached hydrogen (secondary N) is 1. The molecule has 8 nitrogen and oxygen atoms in total. The molecule has 2 saturated carbocycles. The van der Waals surface area contributed by atoms with Crippen molar-refractivity contribution in [2.75, 3.05) is 24.6 Å². The molecule has 2 atom stereocenters. The number of anilines is 1. The zero-order chi connectivity index (χ0) is 23.7. The van der Waals surface area contributed by atoms with Crippen LogP contribution in [-0.2, 0) is 13.0 Å². The fourth-order valence-electron chi connectivity index (χ4n) is 4.96. The molecule has 0 bridgehead atoms. The number of nitrogens with zero attached hydrogens (tertiary/aromatic N) is 3. The first-order valence-corrected chi connectivity index (χ1v) is 12.5. The third-order valence-electron chi connectivity index (χ3n) is 7.20. The van der Waals surface area contributed by atoms with Gasteiger partial charge >= 0.3 is 0 Å². The molecule has 3 N–H and O–H groups in total. The van der Waals surface area contributed by atoms with Crippen LogP contribution in [0.25, 0.3) is 0 Å². The second kappa shape index (κ2) is 10.1. The number of benzene rings is 1. The van der Waals surface area contributed by atoms with E-state index in [2.05, 4.69) is 20.2 Å². The van der Waals surface area contributed by atoms with E-state index in [-0.39, 0.29) is 30.5 Å². The molecule has 1 aliphatic heterocycles. The number of halogens is 1. The first-order valence-electron chi connectivity index (χ1n) is 12.1. The number of rotatable bonds is 8. The topological polar surface area (TPSA) is 108 Å². The van der Waals surface area contributed by atoms with Crippen molar-refractivity contribution >= 4 is 23.5 Å². The van der Waals surface area contributed by atoms with Gasteiger partial charge in [-0.25, -0.2) is 4.98 Å². The molecule has 34 heavy (non-hydrogen) atoms. The Hall–Kier alpha value is -2.42. The van der Waals surface area contributed by atoms with Gasteiger partial charge in [0.15, 0.2) is 0 Å². The van der Waals surface area contributed by atoms with Crippen LogP contribution in [0.1, 0.15) is 53.6 Å². The lowest BCUT2D eigenvalue weighted by molar-refractivity contribution is 0.0863. The van der Waals surface area contributed by atoms with Gasteiger partial charge in [-0.1, -0.05) is 23.7 Å². The molecule has 1 aromatic heterocycles. The van der Waals surface area contributed by atoms with E-state index >= 15 is 0 Å². The summed E-state index contributed by atoms with van der Waals surface area (Å²) in [6.45, 7) is 2.13. The molecule has 1 amide bonds. The van der Waals surface area contributed by atoms with E-state index in [1.807, 2.05) is 12.1 Å². The van der Waals surface area contributed by atoms with E-state index in [9.17, 15) is 15.0 Å². The summed E-state index contributed by atoms with van der Waals surface area (Å²) < 4.78 is 6.03. The van der Waals surface area contributed by atoms with Gasteiger partial charge in [-0.05, 0) is 61.1 Å². The number of fused-ring (bicyclic) bond motifs is 1. The van der Waals surface area contributed by atoms with Crippen molar-refractivity contribution in [3.8, 4) is 5.88 Å². The van der Waals surface area contributed by atoms with Gasteiger partial charge in [-0.15, -0.1) is 0 Å². The Kier molecular flexibility index (Phi) is 6.90. The van der Waals surface area contributed by atoms with E-state index in [0.717, 1.165) is 43.3 Å². The number of ether oxygens (including phenoxy) is 1. The quantitative estimate of drug-likeness (QED) is 0.526. The maximum Gasteiger partial charge on any atom is 0.258 e. The minimum absolute atomic E-state index is 0.0290. The van der Waals surface area contributed by atoms with E-state index in [1.54, 1.807) is 12.3 Å².